The molecule has 2 fully saturated rings. The average Bonchev–Trinajstić information content (AvgIpc) is 2.51. The van der Waals surface area contributed by atoms with Gasteiger partial charge >= 0.3 is 0 Å². The first-order chi connectivity index (χ1) is 10.6. The van der Waals surface area contributed by atoms with Gasteiger partial charge in [-0.2, -0.15) is 0 Å². The van der Waals surface area contributed by atoms with Crippen LogP contribution >= 0.6 is 0 Å². The minimum Gasteiger partial charge on any atom is -0.395 e. The Labute approximate surface area is 132 Å². The monoisotopic (exact) mass is 314 g/mol. The third-order valence-corrected chi connectivity index (χ3v) is 4.86. The molecule has 0 aromatic rings. The van der Waals surface area contributed by atoms with Gasteiger partial charge in [-0.3, -0.25) is 14.6 Å². The highest BCUT2D eigenvalue weighted by atomic mass is 16.3. The van der Waals surface area contributed by atoms with Gasteiger partial charge in [0.1, 0.15) is 0 Å². The molecule has 0 bridgehead atoms. The number of carbonyl (C=O) groups excluding carboxylic acids is 1. The van der Waals surface area contributed by atoms with E-state index in [-0.39, 0.29) is 31.1 Å². The molecular formula is C15H30N4O3. The molecule has 4 atom stereocenters. The van der Waals surface area contributed by atoms with E-state index >= 15 is 0 Å². The highest BCUT2D eigenvalue weighted by molar-refractivity contribution is 5.89. The van der Waals surface area contributed by atoms with Crippen LogP contribution in [0.15, 0.2) is 0 Å². The molecule has 0 aliphatic carbocycles. The van der Waals surface area contributed by atoms with E-state index < -0.39 is 0 Å². The van der Waals surface area contributed by atoms with Crippen molar-refractivity contribution < 1.29 is 15.0 Å². The Morgan fingerprint density at radius 1 is 0.955 bits per heavy atom. The quantitative estimate of drug-likeness (QED) is 0.445. The summed E-state index contributed by atoms with van der Waals surface area (Å²) >= 11 is 0. The molecule has 7 nitrogen and oxygen atoms in total. The number of rotatable bonds is 6. The SMILES string of the molecule is CC1CNC(C(=O)C2CN(CCO)C(C)CN2)CN1CCO. The molecule has 0 spiro atoms. The van der Waals surface area contributed by atoms with Crippen LogP contribution in [0.1, 0.15) is 13.8 Å². The molecule has 2 heterocycles. The second kappa shape index (κ2) is 8.33. The van der Waals surface area contributed by atoms with Crippen molar-refractivity contribution in [1.29, 1.82) is 0 Å². The van der Waals surface area contributed by atoms with Gasteiger partial charge in [0.25, 0.3) is 0 Å². The zero-order chi connectivity index (χ0) is 16.1. The van der Waals surface area contributed by atoms with E-state index in [1.807, 2.05) is 0 Å². The Morgan fingerprint density at radius 3 is 1.73 bits per heavy atom. The smallest absolute Gasteiger partial charge is 0.169 e. The fourth-order valence-electron chi connectivity index (χ4n) is 3.35. The van der Waals surface area contributed by atoms with Crippen LogP contribution in [-0.2, 0) is 4.79 Å². The van der Waals surface area contributed by atoms with Crippen molar-refractivity contribution in [3.05, 3.63) is 0 Å². The number of hydrogen-bond acceptors (Lipinski definition) is 7. The maximum absolute atomic E-state index is 12.8. The lowest BCUT2D eigenvalue weighted by Crippen LogP contribution is -2.65. The lowest BCUT2D eigenvalue weighted by Gasteiger charge is -2.42. The van der Waals surface area contributed by atoms with Gasteiger partial charge in [0.15, 0.2) is 5.78 Å². The summed E-state index contributed by atoms with van der Waals surface area (Å²) in [4.78, 5) is 17.1. The van der Waals surface area contributed by atoms with Crippen molar-refractivity contribution in [2.45, 2.75) is 38.0 Å². The van der Waals surface area contributed by atoms with Crippen LogP contribution in [0, 0.1) is 0 Å². The average molecular weight is 314 g/mol. The van der Waals surface area contributed by atoms with E-state index in [9.17, 15) is 4.79 Å². The van der Waals surface area contributed by atoms with Gasteiger partial charge in [-0.15, -0.1) is 0 Å². The molecule has 128 valence electrons. The lowest BCUT2D eigenvalue weighted by atomic mass is 9.98. The van der Waals surface area contributed by atoms with Crippen LogP contribution in [0.4, 0.5) is 0 Å². The van der Waals surface area contributed by atoms with E-state index in [0.29, 0.717) is 38.3 Å². The maximum Gasteiger partial charge on any atom is 0.169 e. The van der Waals surface area contributed by atoms with Gasteiger partial charge in [-0.25, -0.2) is 0 Å². The summed E-state index contributed by atoms with van der Waals surface area (Å²) in [6, 6.07) is 0.289. The lowest BCUT2D eigenvalue weighted by molar-refractivity contribution is -0.126. The van der Waals surface area contributed by atoms with Crippen molar-refractivity contribution >= 4 is 5.78 Å². The molecule has 0 aromatic heterocycles. The number of hydrogen-bond donors (Lipinski definition) is 4. The van der Waals surface area contributed by atoms with E-state index in [0.717, 1.165) is 13.1 Å². The number of nitrogens with one attached hydrogen (secondary N) is 2. The molecule has 2 saturated heterocycles. The third kappa shape index (κ3) is 4.24. The second-order valence-corrected chi connectivity index (χ2v) is 6.46. The summed E-state index contributed by atoms with van der Waals surface area (Å²) in [5.41, 5.74) is 0. The molecule has 7 heteroatoms. The predicted molar refractivity (Wildman–Crippen MR) is 84.8 cm³/mol. The van der Waals surface area contributed by atoms with Crippen molar-refractivity contribution in [3.63, 3.8) is 0 Å². The first kappa shape index (κ1) is 17.8. The molecule has 0 saturated carbocycles. The predicted octanol–water partition coefficient (Wildman–Crippen LogP) is -2.14. The van der Waals surface area contributed by atoms with E-state index in [1.165, 1.54) is 0 Å². The van der Waals surface area contributed by atoms with Crippen molar-refractivity contribution in [2.24, 2.45) is 0 Å². The highest BCUT2D eigenvalue weighted by Gasteiger charge is 2.36. The molecule has 4 N–H and O–H groups in total. The van der Waals surface area contributed by atoms with Crippen LogP contribution in [0.25, 0.3) is 0 Å². The molecule has 2 aliphatic rings. The van der Waals surface area contributed by atoms with E-state index in [4.69, 9.17) is 10.2 Å². The number of nitrogens with zero attached hydrogens (tertiary/aromatic N) is 2. The molecule has 0 amide bonds. The van der Waals surface area contributed by atoms with Crippen molar-refractivity contribution in [2.75, 3.05) is 52.5 Å². The summed E-state index contributed by atoms with van der Waals surface area (Å²) in [6.45, 7) is 8.49. The fourth-order valence-corrected chi connectivity index (χ4v) is 3.35. The van der Waals surface area contributed by atoms with Gasteiger partial charge in [-0.1, -0.05) is 0 Å². The number of piperazine rings is 2. The van der Waals surface area contributed by atoms with Crippen LogP contribution < -0.4 is 10.6 Å². The highest BCUT2D eigenvalue weighted by Crippen LogP contribution is 2.12. The molecule has 0 radical (unpaired) electrons. The van der Waals surface area contributed by atoms with Gasteiger partial charge in [-0.05, 0) is 13.8 Å². The van der Waals surface area contributed by atoms with E-state index in [2.05, 4.69) is 34.3 Å². The van der Waals surface area contributed by atoms with Crippen LogP contribution in [0.2, 0.25) is 0 Å². The summed E-state index contributed by atoms with van der Waals surface area (Å²) in [6.07, 6.45) is 0. The summed E-state index contributed by atoms with van der Waals surface area (Å²) < 4.78 is 0. The Bertz CT molecular complexity index is 337. The number of carbonyl (C=O) groups is 1. The zero-order valence-corrected chi connectivity index (χ0v) is 13.7. The second-order valence-electron chi connectivity index (χ2n) is 6.46. The molecular weight excluding hydrogens is 284 g/mol. The zero-order valence-electron chi connectivity index (χ0n) is 13.7. The van der Waals surface area contributed by atoms with Crippen LogP contribution in [-0.4, -0.2) is 102 Å². The summed E-state index contributed by atoms with van der Waals surface area (Å²) in [5, 5.41) is 24.9. The summed E-state index contributed by atoms with van der Waals surface area (Å²) in [5.74, 6) is 0.185. The van der Waals surface area contributed by atoms with Crippen LogP contribution in [0.3, 0.4) is 0 Å². The first-order valence-corrected chi connectivity index (χ1v) is 8.27. The molecule has 4 unspecified atom stereocenters. The summed E-state index contributed by atoms with van der Waals surface area (Å²) in [7, 11) is 0. The Balaban J connectivity index is 1.93. The Kier molecular flexibility index (Phi) is 6.73. The number of β-amino-alcohol motifs (C(OH)–C–C–N with tert-alkyl or cyclic N) is 2. The molecule has 0 aromatic carbocycles. The third-order valence-electron chi connectivity index (χ3n) is 4.86. The van der Waals surface area contributed by atoms with Crippen LogP contribution in [0.5, 0.6) is 0 Å². The maximum atomic E-state index is 12.8. The van der Waals surface area contributed by atoms with Gasteiger partial charge in [0.05, 0.1) is 25.3 Å². The topological polar surface area (TPSA) is 88.1 Å². The fraction of sp³-hybridized carbons (Fsp3) is 0.933. The van der Waals surface area contributed by atoms with Gasteiger partial charge in [0.2, 0.25) is 0 Å². The minimum atomic E-state index is -0.190. The number of Topliss-reactive ketones (excluding diaryl/α,β-unsaturated/α-hetero) is 1. The number of ketones is 1. The molecule has 22 heavy (non-hydrogen) atoms. The largest absolute Gasteiger partial charge is 0.395 e. The Morgan fingerprint density at radius 2 is 1.36 bits per heavy atom. The Hall–Kier alpha value is -0.570. The first-order valence-electron chi connectivity index (χ1n) is 8.27. The molecule has 2 aliphatic heterocycles. The van der Waals surface area contributed by atoms with Gasteiger partial charge in [0, 0.05) is 51.4 Å². The van der Waals surface area contributed by atoms with Crippen molar-refractivity contribution in [1.82, 2.24) is 20.4 Å². The number of aliphatic hydroxyl groups excluding tert-OH is 2. The number of aliphatic hydroxyl groups is 2. The van der Waals surface area contributed by atoms with Gasteiger partial charge < -0.3 is 20.8 Å². The minimum absolute atomic E-state index is 0.120. The standard InChI is InChI=1S/C15H30N4O3/c1-11-7-16-13(9-18(11)3-5-20)15(22)14-10-19(4-6-21)12(2)8-17-14/h11-14,16-17,20-21H,3-10H2,1-2H3. The molecule has 2 rings (SSSR count). The van der Waals surface area contributed by atoms with E-state index in [1.54, 1.807) is 0 Å². The van der Waals surface area contributed by atoms with Crippen molar-refractivity contribution in [3.8, 4) is 0 Å². The normalized spacial score (nSPS) is 34.7.